The van der Waals surface area contributed by atoms with Crippen LogP contribution in [0.15, 0.2) is 91.0 Å². The molecule has 0 N–H and O–H groups in total. The van der Waals surface area contributed by atoms with Gasteiger partial charge in [0.05, 0.1) is 22.1 Å². The fourth-order valence-corrected chi connectivity index (χ4v) is 6.98. The third-order valence-electron chi connectivity index (χ3n) is 7.29. The second-order valence-corrected chi connectivity index (χ2v) is 10.1. The molecule has 0 aliphatic heterocycles. The van der Waals surface area contributed by atoms with Gasteiger partial charge < -0.3 is 0 Å². The predicted molar refractivity (Wildman–Crippen MR) is 145 cm³/mol. The van der Waals surface area contributed by atoms with E-state index in [-0.39, 0.29) is 0 Å². The SMILES string of the molecule is c1ccc2c(c1)ccc1sc3cc4c(cc3c12)c1cccc2c3nc5ccccc5nc3n4c12. The summed E-state index contributed by atoms with van der Waals surface area (Å²) >= 11 is 1.87. The van der Waals surface area contributed by atoms with Crippen LogP contribution in [0.4, 0.5) is 0 Å². The van der Waals surface area contributed by atoms with E-state index in [0.717, 1.165) is 22.2 Å². The van der Waals surface area contributed by atoms with Gasteiger partial charge in [-0.25, -0.2) is 9.97 Å². The molecule has 0 radical (unpaired) electrons. The molecule has 34 heavy (non-hydrogen) atoms. The van der Waals surface area contributed by atoms with Gasteiger partial charge in [0.25, 0.3) is 0 Å². The highest BCUT2D eigenvalue weighted by Crippen LogP contribution is 2.44. The molecule has 3 nitrogen and oxygen atoms in total. The van der Waals surface area contributed by atoms with E-state index in [4.69, 9.17) is 9.97 Å². The van der Waals surface area contributed by atoms with Gasteiger partial charge in [-0.05, 0) is 41.1 Å². The molecule has 5 aromatic carbocycles. The van der Waals surface area contributed by atoms with Crippen LogP contribution >= 0.6 is 11.3 Å². The van der Waals surface area contributed by atoms with Crippen molar-refractivity contribution in [2.45, 2.75) is 0 Å². The Morgan fingerprint density at radius 1 is 0.588 bits per heavy atom. The molecule has 156 valence electrons. The Bertz CT molecular complexity index is 2290. The lowest BCUT2D eigenvalue weighted by molar-refractivity contribution is 1.28. The smallest absolute Gasteiger partial charge is 0.165 e. The zero-order valence-corrected chi connectivity index (χ0v) is 18.7. The van der Waals surface area contributed by atoms with Crippen LogP contribution in [-0.2, 0) is 0 Å². The first-order valence-corrected chi connectivity index (χ1v) is 12.3. The van der Waals surface area contributed by atoms with E-state index in [1.807, 2.05) is 35.6 Å². The van der Waals surface area contributed by atoms with Crippen LogP contribution in [0.3, 0.4) is 0 Å². The van der Waals surface area contributed by atoms with Crippen molar-refractivity contribution in [3.63, 3.8) is 0 Å². The number of thiophene rings is 1. The van der Waals surface area contributed by atoms with Crippen LogP contribution in [0.2, 0.25) is 0 Å². The summed E-state index contributed by atoms with van der Waals surface area (Å²) in [5, 5.41) is 9.01. The van der Waals surface area contributed by atoms with Crippen molar-refractivity contribution < 1.29 is 0 Å². The van der Waals surface area contributed by atoms with E-state index in [1.165, 1.54) is 58.1 Å². The van der Waals surface area contributed by atoms with E-state index >= 15 is 0 Å². The number of nitrogens with zero attached hydrogens (tertiary/aromatic N) is 3. The maximum Gasteiger partial charge on any atom is 0.165 e. The minimum absolute atomic E-state index is 0.929. The summed E-state index contributed by atoms with van der Waals surface area (Å²) in [5.41, 5.74) is 6.20. The second-order valence-electron chi connectivity index (χ2n) is 9.05. The van der Waals surface area contributed by atoms with Gasteiger partial charge in [0, 0.05) is 36.3 Å². The van der Waals surface area contributed by atoms with Crippen LogP contribution in [0.1, 0.15) is 0 Å². The summed E-state index contributed by atoms with van der Waals surface area (Å²) in [4.78, 5) is 10.1. The summed E-state index contributed by atoms with van der Waals surface area (Å²) in [6.07, 6.45) is 0. The molecule has 0 aliphatic rings. The van der Waals surface area contributed by atoms with Crippen LogP contribution in [-0.4, -0.2) is 14.4 Å². The Morgan fingerprint density at radius 3 is 2.32 bits per heavy atom. The van der Waals surface area contributed by atoms with Crippen molar-refractivity contribution in [1.29, 1.82) is 0 Å². The van der Waals surface area contributed by atoms with E-state index in [0.29, 0.717) is 0 Å². The monoisotopic (exact) mass is 449 g/mol. The molecule has 9 aromatic rings. The lowest BCUT2D eigenvalue weighted by Gasteiger charge is -2.02. The zero-order chi connectivity index (χ0) is 22.0. The average molecular weight is 450 g/mol. The first-order valence-electron chi connectivity index (χ1n) is 11.4. The Hall–Kier alpha value is -4.28. The molecule has 0 saturated carbocycles. The molecular weight excluding hydrogens is 434 g/mol. The number of fused-ring (bicyclic) bond motifs is 12. The highest BCUT2D eigenvalue weighted by Gasteiger charge is 2.21. The molecule has 0 saturated heterocycles. The van der Waals surface area contributed by atoms with Crippen LogP contribution in [0.25, 0.3) is 80.3 Å². The van der Waals surface area contributed by atoms with Crippen molar-refractivity contribution in [1.82, 2.24) is 14.4 Å². The van der Waals surface area contributed by atoms with Crippen molar-refractivity contribution >= 4 is 91.7 Å². The number of benzene rings is 5. The fraction of sp³-hybridized carbons (Fsp3) is 0. The largest absolute Gasteiger partial charge is 0.291 e. The molecular formula is C30H15N3S. The first-order chi connectivity index (χ1) is 16.8. The van der Waals surface area contributed by atoms with Gasteiger partial charge in [-0.15, -0.1) is 11.3 Å². The van der Waals surface area contributed by atoms with Crippen LogP contribution in [0.5, 0.6) is 0 Å². The van der Waals surface area contributed by atoms with Gasteiger partial charge in [-0.3, -0.25) is 4.40 Å². The number of hydrogen-bond donors (Lipinski definition) is 0. The number of aromatic nitrogens is 3. The Labute approximate surface area is 196 Å². The van der Waals surface area contributed by atoms with Crippen molar-refractivity contribution in [2.24, 2.45) is 0 Å². The summed E-state index contributed by atoms with van der Waals surface area (Å²) in [7, 11) is 0. The van der Waals surface area contributed by atoms with Gasteiger partial charge in [-0.1, -0.05) is 60.7 Å². The maximum atomic E-state index is 5.09. The van der Waals surface area contributed by atoms with E-state index in [2.05, 4.69) is 71.1 Å². The molecule has 4 heterocycles. The molecule has 0 atom stereocenters. The molecule has 0 unspecified atom stereocenters. The van der Waals surface area contributed by atoms with Gasteiger partial charge in [0.2, 0.25) is 0 Å². The standard InChI is InChI=1S/C30H15N3S/c1-2-7-17-16(6-1)12-13-25-27(17)21-14-20-18-8-5-9-19-28-30(32-23-11-4-3-10-22(23)31-28)33(29(18)19)24(20)15-26(21)34-25/h1-15H. The Balaban J connectivity index is 1.54. The molecule has 0 aliphatic carbocycles. The number of para-hydroxylation sites is 3. The van der Waals surface area contributed by atoms with Crippen LogP contribution < -0.4 is 0 Å². The third kappa shape index (κ3) is 1.95. The van der Waals surface area contributed by atoms with Crippen LogP contribution in [0, 0.1) is 0 Å². The quantitative estimate of drug-likeness (QED) is 0.233. The minimum atomic E-state index is 0.929. The Kier molecular flexibility index (Phi) is 2.94. The third-order valence-corrected chi connectivity index (χ3v) is 8.41. The molecule has 4 heteroatoms. The fourth-order valence-electron chi connectivity index (χ4n) is 5.84. The lowest BCUT2D eigenvalue weighted by Crippen LogP contribution is -1.88. The minimum Gasteiger partial charge on any atom is -0.291 e. The van der Waals surface area contributed by atoms with Crippen molar-refractivity contribution in [3.8, 4) is 0 Å². The maximum absolute atomic E-state index is 5.09. The molecule has 0 amide bonds. The van der Waals surface area contributed by atoms with E-state index in [1.54, 1.807) is 0 Å². The molecule has 4 aromatic heterocycles. The van der Waals surface area contributed by atoms with Gasteiger partial charge >= 0.3 is 0 Å². The van der Waals surface area contributed by atoms with Crippen molar-refractivity contribution in [3.05, 3.63) is 91.0 Å². The average Bonchev–Trinajstić information content (AvgIpc) is 3.52. The zero-order valence-electron chi connectivity index (χ0n) is 17.9. The summed E-state index contributed by atoms with van der Waals surface area (Å²) in [6, 6.07) is 32.7. The second kappa shape index (κ2) is 5.79. The first kappa shape index (κ1) is 17.2. The summed E-state index contributed by atoms with van der Waals surface area (Å²) < 4.78 is 4.97. The lowest BCUT2D eigenvalue weighted by atomic mass is 10.0. The topological polar surface area (TPSA) is 30.2 Å². The predicted octanol–water partition coefficient (Wildman–Crippen LogP) is 8.30. The van der Waals surface area contributed by atoms with Crippen molar-refractivity contribution in [2.75, 3.05) is 0 Å². The van der Waals surface area contributed by atoms with Gasteiger partial charge in [0.15, 0.2) is 5.65 Å². The highest BCUT2D eigenvalue weighted by atomic mass is 32.1. The molecule has 9 rings (SSSR count). The molecule has 0 fully saturated rings. The number of rotatable bonds is 0. The van der Waals surface area contributed by atoms with E-state index < -0.39 is 0 Å². The molecule has 0 bridgehead atoms. The Morgan fingerprint density at radius 2 is 1.38 bits per heavy atom. The van der Waals surface area contributed by atoms with Gasteiger partial charge in [0.1, 0.15) is 5.52 Å². The normalized spacial score (nSPS) is 12.7. The van der Waals surface area contributed by atoms with E-state index in [9.17, 15) is 0 Å². The molecule has 0 spiro atoms. The van der Waals surface area contributed by atoms with Gasteiger partial charge in [-0.2, -0.15) is 0 Å². The summed E-state index contributed by atoms with van der Waals surface area (Å²) in [5.74, 6) is 0. The highest BCUT2D eigenvalue weighted by molar-refractivity contribution is 7.26. The number of hydrogen-bond acceptors (Lipinski definition) is 3. The summed E-state index contributed by atoms with van der Waals surface area (Å²) in [6.45, 7) is 0.